The molecule has 1 aromatic rings. The lowest BCUT2D eigenvalue weighted by Gasteiger charge is -2.33. The number of hydrogen-bond acceptors (Lipinski definition) is 2. The average Bonchev–Trinajstić information content (AvgIpc) is 2.48. The monoisotopic (exact) mass is 314 g/mol. The number of halogens is 3. The van der Waals surface area contributed by atoms with Crippen LogP contribution in [0.25, 0.3) is 0 Å². The summed E-state index contributed by atoms with van der Waals surface area (Å²) in [7, 11) is 0. The molecule has 1 atom stereocenters. The molecule has 0 aliphatic carbocycles. The summed E-state index contributed by atoms with van der Waals surface area (Å²) in [6.45, 7) is 4.00. The van der Waals surface area contributed by atoms with Crippen molar-refractivity contribution >= 4 is 0 Å². The summed E-state index contributed by atoms with van der Waals surface area (Å²) in [5, 5.41) is 2.58. The van der Waals surface area contributed by atoms with Gasteiger partial charge in [-0.2, -0.15) is 13.2 Å². The topological polar surface area (TPSA) is 15.3 Å². The molecule has 0 bridgehead atoms. The molecule has 124 valence electrons. The minimum absolute atomic E-state index is 0.0766. The second-order valence-corrected chi connectivity index (χ2v) is 6.34. The van der Waals surface area contributed by atoms with E-state index in [2.05, 4.69) is 34.5 Å². The lowest BCUT2D eigenvalue weighted by Crippen LogP contribution is -2.39. The van der Waals surface area contributed by atoms with Crippen molar-refractivity contribution in [3.05, 3.63) is 35.9 Å². The van der Waals surface area contributed by atoms with Crippen LogP contribution in [0.1, 0.15) is 31.7 Å². The van der Waals surface area contributed by atoms with Crippen molar-refractivity contribution in [1.29, 1.82) is 0 Å². The van der Waals surface area contributed by atoms with Crippen molar-refractivity contribution in [2.45, 2.75) is 44.9 Å². The van der Waals surface area contributed by atoms with E-state index in [1.165, 1.54) is 5.56 Å². The first-order chi connectivity index (χ1) is 10.4. The Bertz CT molecular complexity index is 425. The zero-order valence-electron chi connectivity index (χ0n) is 13.1. The Labute approximate surface area is 130 Å². The van der Waals surface area contributed by atoms with Gasteiger partial charge < -0.3 is 5.32 Å². The van der Waals surface area contributed by atoms with Crippen LogP contribution < -0.4 is 5.32 Å². The van der Waals surface area contributed by atoms with Crippen LogP contribution in [0.2, 0.25) is 0 Å². The molecule has 1 fully saturated rings. The van der Waals surface area contributed by atoms with Crippen LogP contribution in [0, 0.1) is 5.92 Å². The van der Waals surface area contributed by atoms with Crippen molar-refractivity contribution in [2.75, 3.05) is 19.6 Å². The van der Waals surface area contributed by atoms with E-state index in [4.69, 9.17) is 0 Å². The number of nitrogens with zero attached hydrogens (tertiary/aromatic N) is 1. The standard InChI is InChI=1S/C17H25F3N2/c1-14(21-13-17(18,19)20)11-15-7-9-22(10-8-15)12-16-5-3-2-4-6-16/h2-6,14-15,21H,7-13H2,1H3. The molecule has 1 heterocycles. The lowest BCUT2D eigenvalue weighted by atomic mass is 9.90. The molecular formula is C17H25F3N2. The minimum Gasteiger partial charge on any atom is -0.306 e. The molecule has 0 aromatic heterocycles. The number of likely N-dealkylation sites (tertiary alicyclic amines) is 1. The summed E-state index contributed by atoms with van der Waals surface area (Å²) in [4.78, 5) is 2.43. The van der Waals surface area contributed by atoms with E-state index in [-0.39, 0.29) is 6.04 Å². The third kappa shape index (κ3) is 6.36. The van der Waals surface area contributed by atoms with E-state index in [9.17, 15) is 13.2 Å². The molecule has 1 saturated heterocycles. The maximum Gasteiger partial charge on any atom is 0.401 e. The molecule has 2 nitrogen and oxygen atoms in total. The number of benzene rings is 1. The van der Waals surface area contributed by atoms with Crippen molar-refractivity contribution < 1.29 is 13.2 Å². The Morgan fingerprint density at radius 3 is 2.41 bits per heavy atom. The predicted octanol–water partition coefficient (Wildman–Crippen LogP) is 3.83. The molecule has 0 spiro atoms. The highest BCUT2D eigenvalue weighted by atomic mass is 19.4. The first kappa shape index (κ1) is 17.3. The quantitative estimate of drug-likeness (QED) is 0.858. The maximum absolute atomic E-state index is 12.2. The van der Waals surface area contributed by atoms with Gasteiger partial charge in [0.05, 0.1) is 6.54 Å². The summed E-state index contributed by atoms with van der Waals surface area (Å²) < 4.78 is 36.6. The molecule has 22 heavy (non-hydrogen) atoms. The summed E-state index contributed by atoms with van der Waals surface area (Å²) in [5.74, 6) is 0.530. The Balaban J connectivity index is 1.66. The molecule has 0 saturated carbocycles. The summed E-state index contributed by atoms with van der Waals surface area (Å²) >= 11 is 0. The van der Waals surface area contributed by atoms with E-state index >= 15 is 0 Å². The van der Waals surface area contributed by atoms with Crippen LogP contribution in [0.15, 0.2) is 30.3 Å². The van der Waals surface area contributed by atoms with Crippen LogP contribution in [0.3, 0.4) is 0 Å². The molecule has 1 N–H and O–H groups in total. The fourth-order valence-corrected chi connectivity index (χ4v) is 3.10. The third-order valence-electron chi connectivity index (χ3n) is 4.29. The molecule has 0 amide bonds. The molecule has 0 radical (unpaired) electrons. The predicted molar refractivity (Wildman–Crippen MR) is 82.6 cm³/mol. The fourth-order valence-electron chi connectivity index (χ4n) is 3.10. The van der Waals surface area contributed by atoms with Crippen molar-refractivity contribution in [3.63, 3.8) is 0 Å². The van der Waals surface area contributed by atoms with Crippen LogP contribution >= 0.6 is 0 Å². The highest BCUT2D eigenvalue weighted by Gasteiger charge is 2.28. The van der Waals surface area contributed by atoms with Gasteiger partial charge in [0.15, 0.2) is 0 Å². The van der Waals surface area contributed by atoms with E-state index in [1.54, 1.807) is 0 Å². The van der Waals surface area contributed by atoms with Crippen LogP contribution in [0.4, 0.5) is 13.2 Å². The summed E-state index contributed by atoms with van der Waals surface area (Å²) in [5.41, 5.74) is 1.32. The number of alkyl halides is 3. The van der Waals surface area contributed by atoms with Gasteiger partial charge in [-0.15, -0.1) is 0 Å². The largest absolute Gasteiger partial charge is 0.401 e. The summed E-state index contributed by atoms with van der Waals surface area (Å²) in [6, 6.07) is 10.3. The first-order valence-electron chi connectivity index (χ1n) is 7.99. The van der Waals surface area contributed by atoms with E-state index < -0.39 is 12.7 Å². The molecule has 1 aliphatic rings. The smallest absolute Gasteiger partial charge is 0.306 e. The zero-order chi connectivity index (χ0) is 16.0. The van der Waals surface area contributed by atoms with Gasteiger partial charge in [0.2, 0.25) is 0 Å². The second kappa shape index (κ2) is 7.97. The van der Waals surface area contributed by atoms with Gasteiger partial charge in [-0.3, -0.25) is 4.90 Å². The van der Waals surface area contributed by atoms with Gasteiger partial charge in [-0.25, -0.2) is 0 Å². The molecule has 2 rings (SSSR count). The molecule has 1 aliphatic heterocycles. The number of hydrogen-bond donors (Lipinski definition) is 1. The first-order valence-corrected chi connectivity index (χ1v) is 7.99. The van der Waals surface area contributed by atoms with Crippen molar-refractivity contribution in [3.8, 4) is 0 Å². The molecular weight excluding hydrogens is 289 g/mol. The van der Waals surface area contributed by atoms with Crippen molar-refractivity contribution in [2.24, 2.45) is 5.92 Å². The maximum atomic E-state index is 12.2. The third-order valence-corrected chi connectivity index (χ3v) is 4.29. The SMILES string of the molecule is CC(CC1CCN(Cc2ccccc2)CC1)NCC(F)(F)F. The number of nitrogens with one attached hydrogen (secondary N) is 1. The van der Waals surface area contributed by atoms with E-state index in [1.807, 2.05) is 13.0 Å². The molecule has 1 aromatic carbocycles. The van der Waals surface area contributed by atoms with Crippen molar-refractivity contribution in [1.82, 2.24) is 10.2 Å². The zero-order valence-corrected chi connectivity index (χ0v) is 13.1. The van der Waals surface area contributed by atoms with Gasteiger partial charge >= 0.3 is 6.18 Å². The van der Waals surface area contributed by atoms with Crippen LogP contribution in [0.5, 0.6) is 0 Å². The van der Waals surface area contributed by atoms with Crippen LogP contribution in [-0.2, 0) is 6.54 Å². The Kier molecular flexibility index (Phi) is 6.26. The second-order valence-electron chi connectivity index (χ2n) is 6.34. The molecule has 5 heteroatoms. The fraction of sp³-hybridized carbons (Fsp3) is 0.647. The number of piperidine rings is 1. The average molecular weight is 314 g/mol. The van der Waals surface area contributed by atoms with Crippen LogP contribution in [-0.4, -0.2) is 36.8 Å². The van der Waals surface area contributed by atoms with Gasteiger partial charge in [-0.05, 0) is 50.8 Å². The van der Waals surface area contributed by atoms with Gasteiger partial charge in [0.1, 0.15) is 0 Å². The Hall–Kier alpha value is -1.07. The molecule has 1 unspecified atom stereocenters. The van der Waals surface area contributed by atoms with Gasteiger partial charge in [-0.1, -0.05) is 30.3 Å². The summed E-state index contributed by atoms with van der Waals surface area (Å²) in [6.07, 6.45) is -1.14. The van der Waals surface area contributed by atoms with E-state index in [0.29, 0.717) is 5.92 Å². The number of rotatable bonds is 6. The Morgan fingerprint density at radius 1 is 1.18 bits per heavy atom. The van der Waals surface area contributed by atoms with Gasteiger partial charge in [0.25, 0.3) is 0 Å². The highest BCUT2D eigenvalue weighted by molar-refractivity contribution is 5.14. The van der Waals surface area contributed by atoms with Gasteiger partial charge in [0, 0.05) is 12.6 Å². The Morgan fingerprint density at radius 2 is 1.82 bits per heavy atom. The normalized spacial score (nSPS) is 19.3. The highest BCUT2D eigenvalue weighted by Crippen LogP contribution is 2.23. The lowest BCUT2D eigenvalue weighted by molar-refractivity contribution is -0.126. The van der Waals surface area contributed by atoms with E-state index in [0.717, 1.165) is 38.9 Å². The minimum atomic E-state index is -4.12.